The van der Waals surface area contributed by atoms with E-state index in [4.69, 9.17) is 0 Å². The number of nitrogens with one attached hydrogen (secondary N) is 1. The molecular formula is C15H25N3. The summed E-state index contributed by atoms with van der Waals surface area (Å²) >= 11 is 0. The van der Waals surface area contributed by atoms with Crippen LogP contribution in [-0.2, 0) is 6.54 Å². The third kappa shape index (κ3) is 2.73. The number of piperazine rings is 1. The highest BCUT2D eigenvalue weighted by atomic mass is 15.3. The molecule has 1 saturated heterocycles. The Hall–Kier alpha value is -0.930. The van der Waals surface area contributed by atoms with Crippen molar-refractivity contribution in [2.75, 3.05) is 13.1 Å². The summed E-state index contributed by atoms with van der Waals surface area (Å²) in [4.78, 5) is 6.76. The van der Waals surface area contributed by atoms with Crippen LogP contribution in [0.5, 0.6) is 0 Å². The Balaban J connectivity index is 2.15. The number of pyridine rings is 1. The highest BCUT2D eigenvalue weighted by molar-refractivity contribution is 5.11. The number of nitrogens with zero attached hydrogens (tertiary/aromatic N) is 2. The van der Waals surface area contributed by atoms with Crippen molar-refractivity contribution in [2.24, 2.45) is 0 Å². The SMILES string of the molecule is CCC1(CC)CNC(C)CN1Cc1ccncc1. The lowest BCUT2D eigenvalue weighted by Crippen LogP contribution is -2.63. The molecule has 0 radical (unpaired) electrons. The van der Waals surface area contributed by atoms with E-state index in [1.807, 2.05) is 12.4 Å². The van der Waals surface area contributed by atoms with Gasteiger partial charge in [-0.05, 0) is 37.5 Å². The zero-order chi connectivity index (χ0) is 13.0. The van der Waals surface area contributed by atoms with Crippen molar-refractivity contribution in [2.45, 2.75) is 51.7 Å². The number of rotatable bonds is 4. The van der Waals surface area contributed by atoms with Crippen LogP contribution in [0.25, 0.3) is 0 Å². The van der Waals surface area contributed by atoms with Crippen LogP contribution in [0.1, 0.15) is 39.2 Å². The summed E-state index contributed by atoms with van der Waals surface area (Å²) in [7, 11) is 0. The molecule has 0 aromatic carbocycles. The molecule has 1 aliphatic rings. The first-order valence-corrected chi connectivity index (χ1v) is 7.07. The Kier molecular flexibility index (Phi) is 4.36. The minimum atomic E-state index is 0.315. The number of hydrogen-bond acceptors (Lipinski definition) is 3. The fraction of sp³-hybridized carbons (Fsp3) is 0.667. The third-order valence-corrected chi connectivity index (χ3v) is 4.38. The summed E-state index contributed by atoms with van der Waals surface area (Å²) in [6.45, 7) is 10.2. The maximum atomic E-state index is 4.10. The van der Waals surface area contributed by atoms with E-state index in [1.54, 1.807) is 0 Å². The first-order chi connectivity index (χ1) is 8.70. The molecule has 0 spiro atoms. The smallest absolute Gasteiger partial charge is 0.0333 e. The monoisotopic (exact) mass is 247 g/mol. The van der Waals surface area contributed by atoms with Crippen LogP contribution >= 0.6 is 0 Å². The average Bonchev–Trinajstić information content (AvgIpc) is 2.41. The van der Waals surface area contributed by atoms with E-state index in [0.717, 1.165) is 19.6 Å². The Morgan fingerprint density at radius 1 is 1.33 bits per heavy atom. The first-order valence-electron chi connectivity index (χ1n) is 7.07. The highest BCUT2D eigenvalue weighted by Gasteiger charge is 2.37. The van der Waals surface area contributed by atoms with Crippen molar-refractivity contribution in [1.82, 2.24) is 15.2 Å². The summed E-state index contributed by atoms with van der Waals surface area (Å²) in [6.07, 6.45) is 6.18. The van der Waals surface area contributed by atoms with Crippen molar-refractivity contribution < 1.29 is 0 Å². The molecule has 1 unspecified atom stereocenters. The fourth-order valence-corrected chi connectivity index (χ4v) is 2.95. The molecule has 2 rings (SSSR count). The van der Waals surface area contributed by atoms with Gasteiger partial charge in [0.15, 0.2) is 0 Å². The lowest BCUT2D eigenvalue weighted by Gasteiger charge is -2.49. The number of aromatic nitrogens is 1. The molecule has 18 heavy (non-hydrogen) atoms. The molecular weight excluding hydrogens is 222 g/mol. The molecule has 0 bridgehead atoms. The summed E-state index contributed by atoms with van der Waals surface area (Å²) in [5, 5.41) is 3.64. The predicted molar refractivity (Wildman–Crippen MR) is 75.4 cm³/mol. The van der Waals surface area contributed by atoms with Gasteiger partial charge in [-0.15, -0.1) is 0 Å². The summed E-state index contributed by atoms with van der Waals surface area (Å²) < 4.78 is 0. The molecule has 0 aliphatic carbocycles. The molecule has 100 valence electrons. The minimum absolute atomic E-state index is 0.315. The molecule has 2 heterocycles. The van der Waals surface area contributed by atoms with Gasteiger partial charge in [0.2, 0.25) is 0 Å². The van der Waals surface area contributed by atoms with Crippen molar-refractivity contribution >= 4 is 0 Å². The van der Waals surface area contributed by atoms with E-state index < -0.39 is 0 Å². The van der Waals surface area contributed by atoms with Gasteiger partial charge in [0.25, 0.3) is 0 Å². The van der Waals surface area contributed by atoms with Gasteiger partial charge in [0.05, 0.1) is 0 Å². The molecule has 1 aliphatic heterocycles. The van der Waals surface area contributed by atoms with E-state index >= 15 is 0 Å². The second kappa shape index (κ2) is 5.81. The molecule has 1 aromatic rings. The van der Waals surface area contributed by atoms with Crippen LogP contribution in [0.4, 0.5) is 0 Å². The van der Waals surface area contributed by atoms with Gasteiger partial charge in [0, 0.05) is 43.6 Å². The Labute approximate surface area is 111 Å². The molecule has 3 nitrogen and oxygen atoms in total. The zero-order valence-corrected chi connectivity index (χ0v) is 11.8. The largest absolute Gasteiger partial charge is 0.311 e. The Bertz CT molecular complexity index is 359. The topological polar surface area (TPSA) is 28.2 Å². The van der Waals surface area contributed by atoms with Gasteiger partial charge in [-0.2, -0.15) is 0 Å². The van der Waals surface area contributed by atoms with E-state index in [1.165, 1.54) is 18.4 Å². The lowest BCUT2D eigenvalue weighted by atomic mass is 9.87. The van der Waals surface area contributed by atoms with Crippen LogP contribution in [-0.4, -0.2) is 34.6 Å². The van der Waals surface area contributed by atoms with Crippen LogP contribution in [0.15, 0.2) is 24.5 Å². The Morgan fingerprint density at radius 3 is 2.61 bits per heavy atom. The van der Waals surface area contributed by atoms with Crippen molar-refractivity contribution in [1.29, 1.82) is 0 Å². The number of hydrogen-bond donors (Lipinski definition) is 1. The molecule has 1 fully saturated rings. The molecule has 1 N–H and O–H groups in total. The van der Waals surface area contributed by atoms with Gasteiger partial charge in [-0.1, -0.05) is 13.8 Å². The van der Waals surface area contributed by atoms with E-state index in [-0.39, 0.29) is 0 Å². The molecule has 3 heteroatoms. The maximum absolute atomic E-state index is 4.10. The van der Waals surface area contributed by atoms with Crippen LogP contribution in [0.2, 0.25) is 0 Å². The van der Waals surface area contributed by atoms with Gasteiger partial charge in [-0.3, -0.25) is 9.88 Å². The summed E-state index contributed by atoms with van der Waals surface area (Å²) in [5.74, 6) is 0. The van der Waals surface area contributed by atoms with Crippen molar-refractivity contribution in [3.8, 4) is 0 Å². The molecule has 0 amide bonds. The molecule has 1 atom stereocenters. The van der Waals surface area contributed by atoms with Gasteiger partial charge >= 0.3 is 0 Å². The normalized spacial score (nSPS) is 24.1. The quantitative estimate of drug-likeness (QED) is 0.885. The van der Waals surface area contributed by atoms with E-state index in [0.29, 0.717) is 11.6 Å². The third-order valence-electron chi connectivity index (χ3n) is 4.38. The van der Waals surface area contributed by atoms with E-state index in [2.05, 4.69) is 48.1 Å². The van der Waals surface area contributed by atoms with Crippen LogP contribution in [0, 0.1) is 0 Å². The van der Waals surface area contributed by atoms with Gasteiger partial charge < -0.3 is 5.32 Å². The van der Waals surface area contributed by atoms with Crippen LogP contribution < -0.4 is 5.32 Å². The van der Waals surface area contributed by atoms with Crippen LogP contribution in [0.3, 0.4) is 0 Å². The van der Waals surface area contributed by atoms with Crippen molar-refractivity contribution in [3.05, 3.63) is 30.1 Å². The first kappa shape index (κ1) is 13.5. The fourth-order valence-electron chi connectivity index (χ4n) is 2.95. The second-order valence-corrected chi connectivity index (χ2v) is 5.45. The maximum Gasteiger partial charge on any atom is 0.0333 e. The lowest BCUT2D eigenvalue weighted by molar-refractivity contribution is 0.0278. The predicted octanol–water partition coefficient (Wildman–Crippen LogP) is 2.43. The highest BCUT2D eigenvalue weighted by Crippen LogP contribution is 2.28. The molecule has 0 saturated carbocycles. The Morgan fingerprint density at radius 2 is 2.00 bits per heavy atom. The molecule has 1 aromatic heterocycles. The summed E-state index contributed by atoms with van der Waals surface area (Å²) in [5.41, 5.74) is 1.68. The van der Waals surface area contributed by atoms with Crippen molar-refractivity contribution in [3.63, 3.8) is 0 Å². The van der Waals surface area contributed by atoms with Gasteiger partial charge in [-0.25, -0.2) is 0 Å². The summed E-state index contributed by atoms with van der Waals surface area (Å²) in [6, 6.07) is 4.84. The standard InChI is InChI=1S/C15H25N3/c1-4-15(5-2)12-17-13(3)10-18(15)11-14-6-8-16-9-7-14/h6-9,13,17H,4-5,10-12H2,1-3H3. The average molecular weight is 247 g/mol. The zero-order valence-electron chi connectivity index (χ0n) is 11.8. The second-order valence-electron chi connectivity index (χ2n) is 5.45. The van der Waals surface area contributed by atoms with E-state index in [9.17, 15) is 0 Å². The minimum Gasteiger partial charge on any atom is -0.311 e. The van der Waals surface area contributed by atoms with Gasteiger partial charge in [0.1, 0.15) is 0 Å².